The molecule has 0 fully saturated rings. The Morgan fingerprint density at radius 1 is 1.19 bits per heavy atom. The van der Waals surface area contributed by atoms with E-state index in [-0.39, 0.29) is 24.4 Å². The number of amides is 2. The summed E-state index contributed by atoms with van der Waals surface area (Å²) in [7, 11) is 0. The van der Waals surface area contributed by atoms with Crippen LogP contribution in [0.25, 0.3) is 0 Å². The minimum absolute atomic E-state index is 0.0847. The molecule has 0 aliphatic carbocycles. The fourth-order valence-electron chi connectivity index (χ4n) is 2.98. The molecule has 164 valence electrons. The van der Waals surface area contributed by atoms with E-state index in [0.29, 0.717) is 35.0 Å². The fraction of sp³-hybridized carbons (Fsp3) is 0.238. The van der Waals surface area contributed by atoms with Gasteiger partial charge in [0.15, 0.2) is 0 Å². The second-order valence-corrected chi connectivity index (χ2v) is 7.28. The average molecular weight is 457 g/mol. The molecule has 5 nitrogen and oxygen atoms in total. The monoisotopic (exact) mass is 456 g/mol. The van der Waals surface area contributed by atoms with Crippen molar-refractivity contribution < 1.29 is 31.9 Å². The molecule has 10 heteroatoms. The van der Waals surface area contributed by atoms with Gasteiger partial charge in [0.25, 0.3) is 5.91 Å². The van der Waals surface area contributed by atoms with Gasteiger partial charge in [-0.3, -0.25) is 9.59 Å². The van der Waals surface area contributed by atoms with Crippen molar-refractivity contribution in [2.45, 2.75) is 19.3 Å². The predicted octanol–water partition coefficient (Wildman–Crippen LogP) is 4.41. The number of nitrogens with one attached hydrogen (secondary N) is 1. The number of fused-ring (bicyclic) bond motifs is 1. The van der Waals surface area contributed by atoms with E-state index in [2.05, 4.69) is 0 Å². The van der Waals surface area contributed by atoms with Gasteiger partial charge in [-0.1, -0.05) is 23.7 Å². The quantitative estimate of drug-likeness (QED) is 0.628. The van der Waals surface area contributed by atoms with Crippen LogP contribution in [0.5, 0.6) is 5.75 Å². The van der Waals surface area contributed by atoms with Gasteiger partial charge in [0.1, 0.15) is 12.4 Å². The Bertz CT molecular complexity index is 1010. The van der Waals surface area contributed by atoms with Crippen molar-refractivity contribution in [2.24, 2.45) is 0 Å². The molecular formula is C21H17ClF4N2O3. The second-order valence-electron chi connectivity index (χ2n) is 6.84. The number of ether oxygens (including phenoxy) is 1. The lowest BCUT2D eigenvalue weighted by molar-refractivity contribution is -0.173. The first-order chi connectivity index (χ1) is 14.7. The van der Waals surface area contributed by atoms with Crippen molar-refractivity contribution in [3.63, 3.8) is 0 Å². The number of benzene rings is 2. The topological polar surface area (TPSA) is 58.6 Å². The van der Waals surface area contributed by atoms with Crippen LogP contribution in [0, 0.1) is 0 Å². The molecule has 0 spiro atoms. The number of halogens is 5. The van der Waals surface area contributed by atoms with Crippen LogP contribution in [0.15, 0.2) is 54.4 Å². The maximum absolute atomic E-state index is 12.9. The van der Waals surface area contributed by atoms with Crippen molar-refractivity contribution in [3.05, 3.63) is 76.1 Å². The number of alkyl halides is 3. The van der Waals surface area contributed by atoms with Crippen LogP contribution in [0.1, 0.15) is 21.5 Å². The van der Waals surface area contributed by atoms with Crippen molar-refractivity contribution >= 4 is 23.4 Å². The Balaban J connectivity index is 1.58. The Morgan fingerprint density at radius 2 is 1.90 bits per heavy atom. The first-order valence-electron chi connectivity index (χ1n) is 9.10. The molecule has 0 saturated carbocycles. The molecule has 31 heavy (non-hydrogen) atoms. The Kier molecular flexibility index (Phi) is 6.84. The van der Waals surface area contributed by atoms with Crippen LogP contribution in [-0.2, 0) is 17.9 Å². The predicted molar refractivity (Wildman–Crippen MR) is 105 cm³/mol. The molecule has 0 atom stereocenters. The van der Waals surface area contributed by atoms with E-state index in [9.17, 15) is 27.2 Å². The number of nitrogens with zero attached hydrogens (tertiary/aromatic N) is 1. The van der Waals surface area contributed by atoms with E-state index in [1.54, 1.807) is 34.5 Å². The highest BCUT2D eigenvalue weighted by Crippen LogP contribution is 2.28. The summed E-state index contributed by atoms with van der Waals surface area (Å²) in [5, 5.41) is 2.18. The van der Waals surface area contributed by atoms with Crippen molar-refractivity contribution in [2.75, 3.05) is 13.2 Å². The van der Waals surface area contributed by atoms with Gasteiger partial charge < -0.3 is 15.0 Å². The number of carbonyl (C=O) groups is 2. The highest BCUT2D eigenvalue weighted by atomic mass is 35.5. The summed E-state index contributed by atoms with van der Waals surface area (Å²) < 4.78 is 55.0. The van der Waals surface area contributed by atoms with E-state index in [1.165, 1.54) is 6.07 Å². The Morgan fingerprint density at radius 3 is 2.55 bits per heavy atom. The van der Waals surface area contributed by atoms with Crippen molar-refractivity contribution in [1.82, 2.24) is 10.2 Å². The Hall–Kier alpha value is -3.07. The van der Waals surface area contributed by atoms with Crippen molar-refractivity contribution in [3.8, 4) is 5.75 Å². The molecule has 0 aromatic heterocycles. The summed E-state index contributed by atoms with van der Waals surface area (Å²) in [5.41, 5.74) is 1.96. The van der Waals surface area contributed by atoms with Gasteiger partial charge in [-0.05, 0) is 41.5 Å². The molecule has 0 saturated heterocycles. The number of hydrogen-bond donors (Lipinski definition) is 1. The smallest absolute Gasteiger partial charge is 0.471 e. The largest absolute Gasteiger partial charge is 0.489 e. The third kappa shape index (κ3) is 5.75. The van der Waals surface area contributed by atoms with Gasteiger partial charge in [0.2, 0.25) is 0 Å². The minimum Gasteiger partial charge on any atom is -0.489 e. The summed E-state index contributed by atoms with van der Waals surface area (Å²) in [4.78, 5) is 25.1. The summed E-state index contributed by atoms with van der Waals surface area (Å²) >= 11 is 5.87. The number of rotatable bonds is 7. The molecule has 3 rings (SSSR count). The van der Waals surface area contributed by atoms with E-state index < -0.39 is 18.6 Å². The SMILES string of the molecule is O=C1c2ccc(OC/C(=C\F)CNC(=O)C(F)(F)F)cc2CN1Cc1ccc(Cl)cc1. The minimum atomic E-state index is -5.05. The van der Waals surface area contributed by atoms with Gasteiger partial charge in [-0.25, -0.2) is 4.39 Å². The maximum atomic E-state index is 12.9. The average Bonchev–Trinajstić information content (AvgIpc) is 3.03. The van der Waals surface area contributed by atoms with E-state index >= 15 is 0 Å². The summed E-state index contributed by atoms with van der Waals surface area (Å²) in [6.45, 7) is -0.265. The van der Waals surface area contributed by atoms with Crippen LogP contribution in [0.4, 0.5) is 17.6 Å². The van der Waals surface area contributed by atoms with Gasteiger partial charge >= 0.3 is 12.1 Å². The number of hydrogen-bond acceptors (Lipinski definition) is 3. The third-order valence-corrected chi connectivity index (χ3v) is 4.81. The lowest BCUT2D eigenvalue weighted by Gasteiger charge is -2.15. The van der Waals surface area contributed by atoms with E-state index in [0.717, 1.165) is 5.56 Å². The van der Waals surface area contributed by atoms with Crippen LogP contribution < -0.4 is 10.1 Å². The molecule has 2 aromatic carbocycles. The Labute approximate surface area is 180 Å². The zero-order valence-electron chi connectivity index (χ0n) is 16.0. The van der Waals surface area contributed by atoms with Gasteiger partial charge in [0.05, 0.1) is 6.33 Å². The highest BCUT2D eigenvalue weighted by Gasteiger charge is 2.38. The van der Waals surface area contributed by atoms with E-state index in [1.807, 2.05) is 12.1 Å². The standard InChI is InChI=1S/C21H17ClF4N2O3/c22-16-3-1-13(2-4-16)10-28-11-15-7-17(5-6-18(15)19(28)29)31-12-14(8-23)9-27-20(30)21(24,25)26/h1-8H,9-12H2,(H,27,30)/b14-8-. The van der Waals surface area contributed by atoms with Crippen LogP contribution >= 0.6 is 11.6 Å². The van der Waals surface area contributed by atoms with Crippen LogP contribution in [0.3, 0.4) is 0 Å². The molecule has 0 radical (unpaired) electrons. The first kappa shape index (κ1) is 22.6. The zero-order valence-corrected chi connectivity index (χ0v) is 16.8. The van der Waals surface area contributed by atoms with Gasteiger partial charge in [-0.2, -0.15) is 13.2 Å². The lowest BCUT2D eigenvalue weighted by Crippen LogP contribution is -2.38. The maximum Gasteiger partial charge on any atom is 0.471 e. The highest BCUT2D eigenvalue weighted by molar-refractivity contribution is 6.30. The molecule has 1 N–H and O–H groups in total. The molecule has 1 heterocycles. The number of carbonyl (C=O) groups excluding carboxylic acids is 2. The van der Waals surface area contributed by atoms with Gasteiger partial charge in [0, 0.05) is 35.8 Å². The van der Waals surface area contributed by atoms with Crippen LogP contribution in [0.2, 0.25) is 5.02 Å². The molecular weight excluding hydrogens is 440 g/mol. The van der Waals surface area contributed by atoms with E-state index in [4.69, 9.17) is 16.3 Å². The normalized spacial score (nSPS) is 13.9. The molecule has 1 aliphatic rings. The third-order valence-electron chi connectivity index (χ3n) is 4.55. The summed E-state index contributed by atoms with van der Waals surface area (Å²) in [6.07, 6.45) is -4.96. The fourth-order valence-corrected chi connectivity index (χ4v) is 3.10. The summed E-state index contributed by atoms with van der Waals surface area (Å²) in [5.74, 6) is -1.99. The molecule has 1 aliphatic heterocycles. The molecule has 0 bridgehead atoms. The lowest BCUT2D eigenvalue weighted by atomic mass is 10.1. The molecule has 0 unspecified atom stereocenters. The molecule has 2 amide bonds. The van der Waals surface area contributed by atoms with Crippen molar-refractivity contribution in [1.29, 1.82) is 0 Å². The second kappa shape index (κ2) is 9.38. The summed E-state index contributed by atoms with van der Waals surface area (Å²) in [6, 6.07) is 11.9. The first-order valence-corrected chi connectivity index (χ1v) is 9.48. The van der Waals surface area contributed by atoms with Gasteiger partial charge in [-0.15, -0.1) is 0 Å². The van der Waals surface area contributed by atoms with Crippen LogP contribution in [-0.4, -0.2) is 36.0 Å². The molecule has 2 aromatic rings. The zero-order chi connectivity index (χ0) is 22.6.